The molecule has 1 atom stereocenters. The molecular formula is C17H14ClN3O4S. The fraction of sp³-hybridized carbons (Fsp3) is 0.176. The molecule has 26 heavy (non-hydrogen) atoms. The zero-order chi connectivity index (χ0) is 18.5. The van der Waals surface area contributed by atoms with E-state index >= 15 is 0 Å². The number of esters is 1. The third-order valence-electron chi connectivity index (χ3n) is 3.46. The summed E-state index contributed by atoms with van der Waals surface area (Å²) in [7, 11) is 0. The van der Waals surface area contributed by atoms with Crippen LogP contribution in [0.5, 0.6) is 0 Å². The van der Waals surface area contributed by atoms with Gasteiger partial charge in [0.15, 0.2) is 11.8 Å². The number of rotatable bonds is 5. The quantitative estimate of drug-likeness (QED) is 0.600. The summed E-state index contributed by atoms with van der Waals surface area (Å²) >= 11 is 7.13. The molecule has 1 aliphatic heterocycles. The van der Waals surface area contributed by atoms with Crippen LogP contribution in [0.15, 0.2) is 47.5 Å². The van der Waals surface area contributed by atoms with Crippen LogP contribution in [0.1, 0.15) is 6.42 Å². The first kappa shape index (κ1) is 18.2. The average Bonchev–Trinajstić information content (AvgIpc) is 2.62. The third-order valence-corrected chi connectivity index (χ3v) is 5.03. The smallest absolute Gasteiger partial charge is 0.307 e. The Morgan fingerprint density at radius 3 is 2.88 bits per heavy atom. The topological polar surface area (TPSA) is 97.4 Å². The predicted molar refractivity (Wildman–Crippen MR) is 98.2 cm³/mol. The van der Waals surface area contributed by atoms with E-state index in [4.69, 9.17) is 16.3 Å². The summed E-state index contributed by atoms with van der Waals surface area (Å²) in [6.45, 7) is -0.473. The highest BCUT2D eigenvalue weighted by Crippen LogP contribution is 2.36. The number of nitrogens with one attached hydrogen (secondary N) is 2. The van der Waals surface area contributed by atoms with Crippen molar-refractivity contribution in [2.24, 2.45) is 0 Å². The molecule has 7 nitrogen and oxygen atoms in total. The first-order valence-corrected chi connectivity index (χ1v) is 8.91. The van der Waals surface area contributed by atoms with Crippen LogP contribution in [0, 0.1) is 0 Å². The molecule has 134 valence electrons. The maximum Gasteiger partial charge on any atom is 0.307 e. The van der Waals surface area contributed by atoms with Crippen molar-refractivity contribution < 1.29 is 19.1 Å². The normalized spacial score (nSPS) is 15.6. The van der Waals surface area contributed by atoms with Gasteiger partial charge in [-0.1, -0.05) is 23.7 Å². The van der Waals surface area contributed by atoms with E-state index in [-0.39, 0.29) is 17.5 Å². The number of ether oxygens (including phenoxy) is 1. The van der Waals surface area contributed by atoms with Crippen molar-refractivity contribution in [1.82, 2.24) is 4.98 Å². The van der Waals surface area contributed by atoms with Gasteiger partial charge in [0.2, 0.25) is 5.91 Å². The molecular weight excluding hydrogens is 378 g/mol. The maximum absolute atomic E-state index is 12.1. The molecule has 0 saturated carbocycles. The van der Waals surface area contributed by atoms with Gasteiger partial charge in [-0.05, 0) is 24.3 Å². The van der Waals surface area contributed by atoms with E-state index in [0.29, 0.717) is 5.69 Å². The number of carbonyl (C=O) groups excluding carboxylic acids is 3. The molecule has 0 aliphatic carbocycles. The number of anilines is 2. The third kappa shape index (κ3) is 4.53. The van der Waals surface area contributed by atoms with Gasteiger partial charge in [-0.25, -0.2) is 4.98 Å². The summed E-state index contributed by atoms with van der Waals surface area (Å²) in [5, 5.41) is 4.78. The predicted octanol–water partition coefficient (Wildman–Crippen LogP) is 2.72. The number of amides is 2. The highest BCUT2D eigenvalue weighted by atomic mass is 35.5. The molecule has 3 rings (SSSR count). The van der Waals surface area contributed by atoms with Gasteiger partial charge in [-0.3, -0.25) is 14.4 Å². The lowest BCUT2D eigenvalue weighted by molar-refractivity contribution is -0.147. The monoisotopic (exact) mass is 391 g/mol. The molecule has 2 heterocycles. The number of aromatic nitrogens is 1. The Bertz CT molecular complexity index is 861. The Hall–Kier alpha value is -2.58. The minimum atomic E-state index is -0.635. The van der Waals surface area contributed by atoms with E-state index in [2.05, 4.69) is 15.6 Å². The van der Waals surface area contributed by atoms with Gasteiger partial charge >= 0.3 is 5.97 Å². The lowest BCUT2D eigenvalue weighted by Gasteiger charge is -2.23. The Morgan fingerprint density at radius 1 is 1.27 bits per heavy atom. The van der Waals surface area contributed by atoms with Gasteiger partial charge in [-0.2, -0.15) is 0 Å². The fourth-order valence-electron chi connectivity index (χ4n) is 2.25. The Morgan fingerprint density at radius 2 is 2.08 bits per heavy atom. The van der Waals surface area contributed by atoms with Gasteiger partial charge in [-0.15, -0.1) is 11.8 Å². The van der Waals surface area contributed by atoms with E-state index in [9.17, 15) is 14.4 Å². The summed E-state index contributed by atoms with van der Waals surface area (Å²) in [6.07, 6.45) is 1.36. The number of halogens is 1. The highest BCUT2D eigenvalue weighted by Gasteiger charge is 2.29. The number of para-hydroxylation sites is 1. The summed E-state index contributed by atoms with van der Waals surface area (Å²) < 4.78 is 4.95. The van der Waals surface area contributed by atoms with Crippen molar-refractivity contribution in [2.45, 2.75) is 16.6 Å². The summed E-state index contributed by atoms with van der Waals surface area (Å²) in [5.74, 6) is -1.44. The summed E-state index contributed by atoms with van der Waals surface area (Å²) in [4.78, 5) is 40.6. The Kier molecular flexibility index (Phi) is 5.75. The number of thioether (sulfide) groups is 1. The second-order valence-electron chi connectivity index (χ2n) is 5.35. The fourth-order valence-corrected chi connectivity index (χ4v) is 3.51. The van der Waals surface area contributed by atoms with Gasteiger partial charge in [0.05, 0.1) is 23.0 Å². The zero-order valence-corrected chi connectivity index (χ0v) is 15.0. The second kappa shape index (κ2) is 8.20. The van der Waals surface area contributed by atoms with Gasteiger partial charge in [0, 0.05) is 11.1 Å². The lowest BCUT2D eigenvalue weighted by Crippen LogP contribution is -2.32. The lowest BCUT2D eigenvalue weighted by atomic mass is 10.2. The number of benzene rings is 1. The number of hydrogen-bond acceptors (Lipinski definition) is 6. The van der Waals surface area contributed by atoms with Crippen molar-refractivity contribution in [3.8, 4) is 0 Å². The van der Waals surface area contributed by atoms with E-state index < -0.39 is 23.7 Å². The van der Waals surface area contributed by atoms with Crippen molar-refractivity contribution in [3.05, 3.63) is 47.7 Å². The van der Waals surface area contributed by atoms with Crippen LogP contribution in [0.2, 0.25) is 5.15 Å². The molecule has 1 aromatic heterocycles. The summed E-state index contributed by atoms with van der Waals surface area (Å²) in [6, 6.07) is 10.5. The molecule has 0 unspecified atom stereocenters. The van der Waals surface area contributed by atoms with Crippen molar-refractivity contribution in [3.63, 3.8) is 0 Å². The van der Waals surface area contributed by atoms with Gasteiger partial charge < -0.3 is 15.4 Å². The Labute approximate surface area is 158 Å². The number of fused-ring (bicyclic) bond motifs is 1. The van der Waals surface area contributed by atoms with Crippen molar-refractivity contribution in [2.75, 3.05) is 17.2 Å². The van der Waals surface area contributed by atoms with E-state index in [1.165, 1.54) is 18.0 Å². The highest BCUT2D eigenvalue weighted by molar-refractivity contribution is 8.01. The molecule has 0 saturated heterocycles. The van der Waals surface area contributed by atoms with Gasteiger partial charge in [0.25, 0.3) is 5.91 Å². The minimum Gasteiger partial charge on any atom is -0.456 e. The molecule has 0 fully saturated rings. The SMILES string of the molecule is O=C(COC(=O)C[C@@H]1Sc2ccccc2NC1=O)Nc1cccnc1Cl. The zero-order valence-electron chi connectivity index (χ0n) is 13.4. The standard InChI is InChI=1S/C17H14ClN3O4S/c18-16-11(5-3-7-19-16)20-14(22)9-25-15(23)8-13-17(24)21-10-4-1-2-6-12(10)26-13/h1-7,13H,8-9H2,(H,20,22)(H,21,24)/t13-/m0/s1. The number of pyridine rings is 1. The van der Waals surface area contributed by atoms with Crippen LogP contribution in [0.3, 0.4) is 0 Å². The van der Waals surface area contributed by atoms with Crippen LogP contribution in [-0.2, 0) is 19.1 Å². The molecule has 0 spiro atoms. The first-order chi connectivity index (χ1) is 12.5. The molecule has 2 amide bonds. The van der Waals surface area contributed by atoms with Gasteiger partial charge in [0.1, 0.15) is 0 Å². The maximum atomic E-state index is 12.1. The molecule has 1 aromatic carbocycles. The van der Waals surface area contributed by atoms with Crippen LogP contribution in [-0.4, -0.2) is 34.6 Å². The van der Waals surface area contributed by atoms with E-state index in [1.54, 1.807) is 18.2 Å². The molecule has 2 aromatic rings. The molecule has 1 aliphatic rings. The van der Waals surface area contributed by atoms with Crippen LogP contribution in [0.25, 0.3) is 0 Å². The number of carbonyl (C=O) groups is 3. The second-order valence-corrected chi connectivity index (χ2v) is 6.95. The van der Waals surface area contributed by atoms with Crippen molar-refractivity contribution in [1.29, 1.82) is 0 Å². The van der Waals surface area contributed by atoms with E-state index in [1.807, 2.05) is 18.2 Å². The van der Waals surface area contributed by atoms with Crippen molar-refractivity contribution >= 4 is 52.5 Å². The van der Waals surface area contributed by atoms with Crippen LogP contribution >= 0.6 is 23.4 Å². The number of hydrogen-bond donors (Lipinski definition) is 2. The molecule has 2 N–H and O–H groups in total. The molecule has 9 heteroatoms. The number of nitrogens with zero attached hydrogens (tertiary/aromatic N) is 1. The Balaban J connectivity index is 1.49. The molecule has 0 bridgehead atoms. The van der Waals surface area contributed by atoms with Crippen LogP contribution < -0.4 is 10.6 Å². The summed E-state index contributed by atoms with van der Waals surface area (Å²) in [5.41, 5.74) is 1.05. The van der Waals surface area contributed by atoms with Crippen LogP contribution in [0.4, 0.5) is 11.4 Å². The van der Waals surface area contributed by atoms with E-state index in [0.717, 1.165) is 10.6 Å². The molecule has 0 radical (unpaired) electrons. The average molecular weight is 392 g/mol. The first-order valence-electron chi connectivity index (χ1n) is 7.65. The largest absolute Gasteiger partial charge is 0.456 e. The minimum absolute atomic E-state index is 0.133.